The van der Waals surface area contributed by atoms with Crippen LogP contribution in [0.2, 0.25) is 10.0 Å². The van der Waals surface area contributed by atoms with Gasteiger partial charge in [-0.05, 0) is 78.3 Å². The van der Waals surface area contributed by atoms with Gasteiger partial charge in [0, 0.05) is 15.8 Å². The zero-order valence-corrected chi connectivity index (χ0v) is 27.4. The van der Waals surface area contributed by atoms with Gasteiger partial charge < -0.3 is 4.42 Å². The van der Waals surface area contributed by atoms with Crippen LogP contribution in [-0.4, -0.2) is 21.6 Å². The molecule has 0 radical (unpaired) electrons. The summed E-state index contributed by atoms with van der Waals surface area (Å²) in [6.45, 7) is 0.466. The molecule has 2 bridgehead atoms. The third-order valence-electron chi connectivity index (χ3n) is 10.3. The maximum absolute atomic E-state index is 14.1. The maximum Gasteiger partial charge on any atom is 0.308 e. The topological polar surface area (TPSA) is 72.5 Å². The standard InChI is InChI=1S/C36H26Cl2N2O4S2/c37-19-10-12-20(13-11-19)40-33(41)28-22-16-23(29(28)34(40)42)31-27(22)30(26-15-14-25(44-26)21-8-4-5-9-24(21)38)32-35(45-31)39(36(43)46-32)17-18-6-2-1-3-7-18/h1-15,22-23,27-31H,16-17H2/t22-,23-,27-,28+,29-,30+,31-/m1/s1. The number of fused-ring (bicyclic) bond motifs is 9. The number of thiazole rings is 1. The van der Waals surface area contributed by atoms with Gasteiger partial charge in [-0.25, -0.2) is 0 Å². The summed E-state index contributed by atoms with van der Waals surface area (Å²) in [7, 11) is 0. The molecule has 2 amide bonds. The van der Waals surface area contributed by atoms with E-state index in [1.54, 1.807) is 36.0 Å². The molecule has 2 saturated carbocycles. The number of hydrogen-bond acceptors (Lipinski definition) is 6. The fourth-order valence-electron chi connectivity index (χ4n) is 8.51. The first-order valence-corrected chi connectivity index (χ1v) is 17.8. The van der Waals surface area contributed by atoms with Gasteiger partial charge in [-0.3, -0.25) is 23.9 Å². The molecular weight excluding hydrogens is 659 g/mol. The smallest absolute Gasteiger partial charge is 0.308 e. The molecule has 4 heterocycles. The minimum atomic E-state index is -0.403. The highest BCUT2D eigenvalue weighted by molar-refractivity contribution is 8.00. The van der Waals surface area contributed by atoms with Gasteiger partial charge in [0.05, 0.1) is 44.9 Å². The van der Waals surface area contributed by atoms with Crippen molar-refractivity contribution in [2.75, 3.05) is 4.90 Å². The number of carbonyl (C=O) groups excluding carboxylic acids is 2. The maximum atomic E-state index is 14.1. The molecule has 4 aliphatic rings. The molecule has 3 fully saturated rings. The number of anilines is 1. The number of aromatic nitrogens is 1. The summed E-state index contributed by atoms with van der Waals surface area (Å²) < 4.78 is 8.50. The van der Waals surface area contributed by atoms with E-state index in [2.05, 4.69) is 0 Å². The molecule has 2 aliphatic carbocycles. The minimum absolute atomic E-state index is 0.00702. The van der Waals surface area contributed by atoms with Crippen molar-refractivity contribution in [3.63, 3.8) is 0 Å². The number of nitrogens with zero attached hydrogens (tertiary/aromatic N) is 2. The highest BCUT2D eigenvalue weighted by Crippen LogP contribution is 2.69. The second-order valence-electron chi connectivity index (χ2n) is 12.5. The number of amides is 2. The average molecular weight is 686 g/mol. The van der Waals surface area contributed by atoms with Crippen LogP contribution in [0.5, 0.6) is 0 Å². The number of hydrogen-bond donors (Lipinski definition) is 0. The molecule has 0 unspecified atom stereocenters. The predicted octanol–water partition coefficient (Wildman–Crippen LogP) is 8.20. The zero-order valence-electron chi connectivity index (χ0n) is 24.2. The van der Waals surface area contributed by atoms with Crippen molar-refractivity contribution in [2.24, 2.45) is 29.6 Å². The lowest BCUT2D eigenvalue weighted by molar-refractivity contribution is -0.123. The number of furan rings is 1. The number of halogens is 2. The van der Waals surface area contributed by atoms with Gasteiger partial charge in [-0.2, -0.15) is 0 Å². The van der Waals surface area contributed by atoms with E-state index in [1.807, 2.05) is 71.3 Å². The molecule has 9 rings (SSSR count). The molecule has 10 heteroatoms. The predicted molar refractivity (Wildman–Crippen MR) is 181 cm³/mol. The van der Waals surface area contributed by atoms with Gasteiger partial charge in [0.2, 0.25) is 11.8 Å². The number of benzene rings is 3. The Labute approximate surface area is 282 Å². The van der Waals surface area contributed by atoms with E-state index in [9.17, 15) is 14.4 Å². The normalized spacial score (nSPS) is 27.6. The largest absolute Gasteiger partial charge is 0.460 e. The van der Waals surface area contributed by atoms with Crippen molar-refractivity contribution in [1.29, 1.82) is 0 Å². The fourth-order valence-corrected chi connectivity index (χ4v) is 12.0. The van der Waals surface area contributed by atoms with Crippen molar-refractivity contribution in [2.45, 2.75) is 29.2 Å². The summed E-state index contributed by atoms with van der Waals surface area (Å²) in [6.07, 6.45) is 0.802. The Morgan fingerprint density at radius 1 is 0.804 bits per heavy atom. The van der Waals surface area contributed by atoms with Crippen LogP contribution < -0.4 is 9.77 Å². The molecule has 2 aromatic heterocycles. The van der Waals surface area contributed by atoms with Gasteiger partial charge in [0.1, 0.15) is 11.5 Å². The number of carbonyl (C=O) groups is 2. The summed E-state index contributed by atoms with van der Waals surface area (Å²) >= 11 is 15.7. The molecule has 7 atom stereocenters. The van der Waals surface area contributed by atoms with Crippen LogP contribution in [0.3, 0.4) is 0 Å². The fraction of sp³-hybridized carbons (Fsp3) is 0.250. The second-order valence-corrected chi connectivity index (χ2v) is 15.5. The highest BCUT2D eigenvalue weighted by atomic mass is 35.5. The van der Waals surface area contributed by atoms with E-state index >= 15 is 0 Å². The molecule has 0 N–H and O–H groups in total. The second kappa shape index (κ2) is 10.7. The Morgan fingerprint density at radius 3 is 2.28 bits per heavy atom. The highest BCUT2D eigenvalue weighted by Gasteiger charge is 2.70. The lowest BCUT2D eigenvalue weighted by Crippen LogP contribution is -2.43. The third kappa shape index (κ3) is 4.20. The van der Waals surface area contributed by atoms with Crippen molar-refractivity contribution in [3.05, 3.63) is 127 Å². The number of thioether (sulfide) groups is 1. The van der Waals surface area contributed by atoms with Crippen LogP contribution in [0, 0.1) is 29.6 Å². The number of rotatable bonds is 5. The summed E-state index contributed by atoms with van der Waals surface area (Å²) in [5, 5.41) is 2.14. The molecule has 46 heavy (non-hydrogen) atoms. The van der Waals surface area contributed by atoms with Crippen LogP contribution in [0.15, 0.2) is 105 Å². The molecule has 2 aliphatic heterocycles. The quantitative estimate of drug-likeness (QED) is 0.175. The van der Waals surface area contributed by atoms with Crippen LogP contribution in [-0.2, 0) is 16.1 Å². The van der Waals surface area contributed by atoms with E-state index < -0.39 is 5.92 Å². The first-order chi connectivity index (χ1) is 22.4. The third-order valence-corrected chi connectivity index (χ3v) is 13.7. The summed E-state index contributed by atoms with van der Waals surface area (Å²) in [5.41, 5.74) is 2.41. The lowest BCUT2D eigenvalue weighted by Gasteiger charge is -2.42. The van der Waals surface area contributed by atoms with Crippen molar-refractivity contribution in [3.8, 4) is 11.3 Å². The molecule has 3 aromatic carbocycles. The van der Waals surface area contributed by atoms with Crippen molar-refractivity contribution in [1.82, 2.24) is 4.57 Å². The van der Waals surface area contributed by atoms with Gasteiger partial charge in [-0.1, -0.05) is 77.0 Å². The summed E-state index contributed by atoms with van der Waals surface area (Å²) in [5.74, 6) is 0.161. The Morgan fingerprint density at radius 2 is 1.52 bits per heavy atom. The van der Waals surface area contributed by atoms with Gasteiger partial charge in [-0.15, -0.1) is 11.8 Å². The Kier molecular flexibility index (Phi) is 6.69. The summed E-state index contributed by atoms with van der Waals surface area (Å²) in [4.78, 5) is 44.1. The average Bonchev–Trinajstić information content (AvgIpc) is 3.87. The monoisotopic (exact) mass is 684 g/mol. The Hall–Kier alpha value is -3.56. The Bertz CT molecular complexity index is 2090. The van der Waals surface area contributed by atoms with Crippen molar-refractivity contribution >= 4 is 63.8 Å². The lowest BCUT2D eigenvalue weighted by atomic mass is 9.69. The first-order valence-electron chi connectivity index (χ1n) is 15.3. The number of imide groups is 1. The Balaban J connectivity index is 1.16. The SMILES string of the molecule is O=C1[C@@H]2[C@H]3C[C@@H]([C@@H]2C(=O)N1c1ccc(Cl)cc1)[C@@H]1[C@H](c2ccc(-c4ccccc4Cl)o2)c2sc(=O)n(Cc4ccccc4)c2S[C@H]31. The van der Waals surface area contributed by atoms with Gasteiger partial charge >= 0.3 is 4.87 Å². The molecule has 6 nitrogen and oxygen atoms in total. The van der Waals surface area contributed by atoms with E-state index in [1.165, 1.54) is 16.2 Å². The van der Waals surface area contributed by atoms with Crippen LogP contribution >= 0.6 is 46.3 Å². The van der Waals surface area contributed by atoms with Gasteiger partial charge in [0.15, 0.2) is 0 Å². The zero-order chi connectivity index (χ0) is 31.3. The van der Waals surface area contributed by atoms with Crippen LogP contribution in [0.1, 0.15) is 28.5 Å². The van der Waals surface area contributed by atoms with Crippen LogP contribution in [0.4, 0.5) is 5.69 Å². The first kappa shape index (κ1) is 28.6. The summed E-state index contributed by atoms with van der Waals surface area (Å²) in [6, 6.07) is 28.4. The minimum Gasteiger partial charge on any atom is -0.460 e. The van der Waals surface area contributed by atoms with Gasteiger partial charge in [0.25, 0.3) is 0 Å². The van der Waals surface area contributed by atoms with E-state index in [4.69, 9.17) is 27.6 Å². The van der Waals surface area contributed by atoms with E-state index in [0.717, 1.165) is 33.2 Å². The molecule has 0 spiro atoms. The van der Waals surface area contributed by atoms with E-state index in [0.29, 0.717) is 28.0 Å². The molecule has 5 aromatic rings. The van der Waals surface area contributed by atoms with Crippen molar-refractivity contribution < 1.29 is 14.0 Å². The van der Waals surface area contributed by atoms with Crippen LogP contribution in [0.25, 0.3) is 11.3 Å². The van der Waals surface area contributed by atoms with E-state index in [-0.39, 0.29) is 51.5 Å². The molecular formula is C36H26Cl2N2O4S2. The molecule has 230 valence electrons. The molecule has 1 saturated heterocycles.